The minimum atomic E-state index is 0.582. The van der Waals surface area contributed by atoms with Crippen molar-refractivity contribution < 1.29 is 4.74 Å². The molecule has 0 saturated carbocycles. The Morgan fingerprint density at radius 1 is 1.04 bits per heavy atom. The second kappa shape index (κ2) is 9.97. The van der Waals surface area contributed by atoms with E-state index in [4.69, 9.17) is 4.74 Å². The molecule has 2 heterocycles. The van der Waals surface area contributed by atoms with Gasteiger partial charge in [-0.05, 0) is 57.3 Å². The summed E-state index contributed by atoms with van der Waals surface area (Å²) in [5.74, 6) is 1.69. The van der Waals surface area contributed by atoms with Gasteiger partial charge in [0.05, 0.1) is 6.61 Å². The van der Waals surface area contributed by atoms with Crippen LogP contribution in [0.4, 0.5) is 0 Å². The first-order chi connectivity index (χ1) is 11.1. The predicted octanol–water partition coefficient (Wildman–Crippen LogP) is 2.40. The highest BCUT2D eigenvalue weighted by Crippen LogP contribution is 2.21. The number of hydrogen-bond donors (Lipinski definition) is 0. The molecule has 1 atom stereocenters. The number of likely N-dealkylation sites (tertiary alicyclic amines) is 1. The number of hydrogen-bond acceptors (Lipinski definition) is 4. The van der Waals surface area contributed by atoms with E-state index in [0.717, 1.165) is 18.4 Å². The predicted molar refractivity (Wildman–Crippen MR) is 98.0 cm³/mol. The van der Waals surface area contributed by atoms with Crippen molar-refractivity contribution in [3.05, 3.63) is 0 Å². The van der Waals surface area contributed by atoms with Gasteiger partial charge >= 0.3 is 0 Å². The molecule has 2 saturated heterocycles. The molecule has 4 heteroatoms. The normalized spacial score (nSPS) is 26.2. The molecule has 0 bridgehead atoms. The molecule has 2 fully saturated rings. The Morgan fingerprint density at radius 3 is 2.39 bits per heavy atom. The van der Waals surface area contributed by atoms with Gasteiger partial charge in [-0.3, -0.25) is 4.90 Å². The molecular weight excluding hydrogens is 286 g/mol. The van der Waals surface area contributed by atoms with E-state index in [9.17, 15) is 0 Å². The van der Waals surface area contributed by atoms with Crippen LogP contribution in [0.1, 0.15) is 40.0 Å². The molecule has 2 rings (SSSR count). The third kappa shape index (κ3) is 6.33. The van der Waals surface area contributed by atoms with Crippen LogP contribution < -0.4 is 0 Å². The molecule has 2 aliphatic rings. The standard InChI is InChI=1S/C19H39N3O/c1-5-20-9-6-18(7-10-20)8-11-21-12-13-22(14-17(2)3)19(15-21)16-23-4/h17-19H,5-16H2,1-4H3. The second-order valence-corrected chi connectivity index (χ2v) is 7.96. The number of nitrogens with zero attached hydrogens (tertiary/aromatic N) is 3. The summed E-state index contributed by atoms with van der Waals surface area (Å²) in [4.78, 5) is 7.92. The highest BCUT2D eigenvalue weighted by Gasteiger charge is 2.28. The van der Waals surface area contributed by atoms with Crippen LogP contribution >= 0.6 is 0 Å². The van der Waals surface area contributed by atoms with E-state index in [0.29, 0.717) is 6.04 Å². The van der Waals surface area contributed by atoms with Crippen molar-refractivity contribution in [2.75, 3.05) is 66.1 Å². The number of piperidine rings is 1. The molecule has 2 aliphatic heterocycles. The van der Waals surface area contributed by atoms with Crippen LogP contribution in [0, 0.1) is 11.8 Å². The molecule has 0 aromatic rings. The highest BCUT2D eigenvalue weighted by atomic mass is 16.5. The summed E-state index contributed by atoms with van der Waals surface area (Å²) in [6.45, 7) is 17.8. The van der Waals surface area contributed by atoms with Crippen LogP contribution in [0.5, 0.6) is 0 Å². The van der Waals surface area contributed by atoms with E-state index in [-0.39, 0.29) is 0 Å². The van der Waals surface area contributed by atoms with Gasteiger partial charge in [0.2, 0.25) is 0 Å². The Labute approximate surface area is 144 Å². The monoisotopic (exact) mass is 325 g/mol. The van der Waals surface area contributed by atoms with Gasteiger partial charge in [-0.25, -0.2) is 0 Å². The largest absolute Gasteiger partial charge is 0.383 e. The first-order valence-corrected chi connectivity index (χ1v) is 9.80. The number of methoxy groups -OCH3 is 1. The van der Waals surface area contributed by atoms with Crippen LogP contribution in [0.25, 0.3) is 0 Å². The zero-order chi connectivity index (χ0) is 16.7. The first kappa shape index (κ1) is 19.2. The molecule has 136 valence electrons. The summed E-state index contributed by atoms with van der Waals surface area (Å²) in [7, 11) is 1.84. The van der Waals surface area contributed by atoms with E-state index in [1.54, 1.807) is 0 Å². The summed E-state index contributed by atoms with van der Waals surface area (Å²) in [6.07, 6.45) is 4.20. The SMILES string of the molecule is CCN1CCC(CCN2CCN(CC(C)C)C(COC)C2)CC1. The zero-order valence-corrected chi connectivity index (χ0v) is 16.0. The van der Waals surface area contributed by atoms with Crippen molar-refractivity contribution in [3.63, 3.8) is 0 Å². The second-order valence-electron chi connectivity index (χ2n) is 7.96. The molecular formula is C19H39N3O. The average molecular weight is 326 g/mol. The fourth-order valence-corrected chi connectivity index (χ4v) is 4.18. The van der Waals surface area contributed by atoms with Crippen LogP contribution in [0.2, 0.25) is 0 Å². The first-order valence-electron chi connectivity index (χ1n) is 9.80. The fourth-order valence-electron chi connectivity index (χ4n) is 4.18. The van der Waals surface area contributed by atoms with E-state index in [1.807, 2.05) is 7.11 Å². The molecule has 0 aliphatic carbocycles. The van der Waals surface area contributed by atoms with Crippen molar-refractivity contribution in [3.8, 4) is 0 Å². The van der Waals surface area contributed by atoms with Crippen LogP contribution in [-0.4, -0.2) is 86.8 Å². The summed E-state index contributed by atoms with van der Waals surface area (Å²) in [5, 5.41) is 0. The topological polar surface area (TPSA) is 19.0 Å². The van der Waals surface area contributed by atoms with E-state index in [1.165, 1.54) is 71.6 Å². The van der Waals surface area contributed by atoms with Crippen molar-refractivity contribution >= 4 is 0 Å². The van der Waals surface area contributed by atoms with E-state index < -0.39 is 0 Å². The van der Waals surface area contributed by atoms with Crippen molar-refractivity contribution in [1.29, 1.82) is 0 Å². The highest BCUT2D eigenvalue weighted by molar-refractivity contribution is 4.83. The van der Waals surface area contributed by atoms with Crippen LogP contribution in [-0.2, 0) is 4.74 Å². The van der Waals surface area contributed by atoms with Crippen molar-refractivity contribution in [2.45, 2.75) is 46.1 Å². The van der Waals surface area contributed by atoms with E-state index >= 15 is 0 Å². The lowest BCUT2D eigenvalue weighted by atomic mass is 9.93. The Hall–Kier alpha value is -0.160. The smallest absolute Gasteiger partial charge is 0.0630 e. The van der Waals surface area contributed by atoms with Gasteiger partial charge in [-0.15, -0.1) is 0 Å². The third-order valence-corrected chi connectivity index (χ3v) is 5.66. The minimum Gasteiger partial charge on any atom is -0.383 e. The zero-order valence-electron chi connectivity index (χ0n) is 16.0. The van der Waals surface area contributed by atoms with Gasteiger partial charge in [0, 0.05) is 39.3 Å². The summed E-state index contributed by atoms with van der Waals surface area (Å²) in [6, 6.07) is 0.582. The lowest BCUT2D eigenvalue weighted by molar-refractivity contribution is 0.0165. The summed E-state index contributed by atoms with van der Waals surface area (Å²) in [5.41, 5.74) is 0. The molecule has 1 unspecified atom stereocenters. The van der Waals surface area contributed by atoms with Crippen molar-refractivity contribution in [1.82, 2.24) is 14.7 Å². The molecule has 4 nitrogen and oxygen atoms in total. The minimum absolute atomic E-state index is 0.582. The number of rotatable bonds is 8. The lowest BCUT2D eigenvalue weighted by Gasteiger charge is -2.42. The van der Waals surface area contributed by atoms with Gasteiger partial charge in [0.25, 0.3) is 0 Å². The number of ether oxygens (including phenoxy) is 1. The van der Waals surface area contributed by atoms with Gasteiger partial charge in [0.15, 0.2) is 0 Å². The van der Waals surface area contributed by atoms with E-state index in [2.05, 4.69) is 35.5 Å². The Balaban J connectivity index is 1.72. The average Bonchev–Trinajstić information content (AvgIpc) is 2.55. The van der Waals surface area contributed by atoms with Gasteiger partial charge in [0.1, 0.15) is 0 Å². The van der Waals surface area contributed by atoms with Crippen LogP contribution in [0.15, 0.2) is 0 Å². The van der Waals surface area contributed by atoms with Crippen molar-refractivity contribution in [2.24, 2.45) is 11.8 Å². The number of piperazine rings is 1. The Kier molecular flexibility index (Phi) is 8.31. The van der Waals surface area contributed by atoms with Crippen LogP contribution in [0.3, 0.4) is 0 Å². The molecule has 0 spiro atoms. The summed E-state index contributed by atoms with van der Waals surface area (Å²) >= 11 is 0. The molecule has 23 heavy (non-hydrogen) atoms. The Bertz CT molecular complexity index is 316. The molecule has 0 aromatic heterocycles. The maximum absolute atomic E-state index is 5.49. The molecule has 0 radical (unpaired) electrons. The fraction of sp³-hybridized carbons (Fsp3) is 1.00. The van der Waals surface area contributed by atoms with Gasteiger partial charge in [-0.1, -0.05) is 20.8 Å². The third-order valence-electron chi connectivity index (χ3n) is 5.66. The molecule has 0 aromatic carbocycles. The lowest BCUT2D eigenvalue weighted by Crippen LogP contribution is -2.55. The Morgan fingerprint density at radius 2 is 1.78 bits per heavy atom. The van der Waals surface area contributed by atoms with Gasteiger partial charge in [-0.2, -0.15) is 0 Å². The quantitative estimate of drug-likeness (QED) is 0.682. The molecule has 0 N–H and O–H groups in total. The molecule has 0 amide bonds. The summed E-state index contributed by atoms with van der Waals surface area (Å²) < 4.78 is 5.49. The van der Waals surface area contributed by atoms with Gasteiger partial charge < -0.3 is 14.5 Å². The maximum Gasteiger partial charge on any atom is 0.0630 e. The maximum atomic E-state index is 5.49.